The number of halogens is 1. The van der Waals surface area contributed by atoms with Crippen LogP contribution in [-0.4, -0.2) is 5.91 Å². The molecule has 1 atom stereocenters. The van der Waals surface area contributed by atoms with Crippen molar-refractivity contribution in [3.05, 3.63) is 100 Å². The lowest BCUT2D eigenvalue weighted by Crippen LogP contribution is -2.27. The molecule has 0 aromatic heterocycles. The van der Waals surface area contributed by atoms with Gasteiger partial charge in [0.15, 0.2) is 0 Å². The van der Waals surface area contributed by atoms with E-state index >= 15 is 0 Å². The summed E-state index contributed by atoms with van der Waals surface area (Å²) >= 11 is 6.12. The smallest absolute Gasteiger partial charge is 0.228 e. The zero-order chi connectivity index (χ0) is 19.4. The molecule has 0 radical (unpaired) electrons. The van der Waals surface area contributed by atoms with E-state index in [4.69, 9.17) is 11.6 Å². The van der Waals surface area contributed by atoms with Gasteiger partial charge in [-0.2, -0.15) is 0 Å². The minimum absolute atomic E-state index is 0.00114. The summed E-state index contributed by atoms with van der Waals surface area (Å²) in [4.78, 5) is 13.1. The first-order valence-electron chi connectivity index (χ1n) is 9.15. The first-order valence-corrected chi connectivity index (χ1v) is 9.52. The van der Waals surface area contributed by atoms with E-state index in [0.29, 0.717) is 5.02 Å². The first kappa shape index (κ1) is 19.2. The van der Waals surface area contributed by atoms with Crippen molar-refractivity contribution in [2.45, 2.75) is 26.7 Å². The van der Waals surface area contributed by atoms with E-state index in [1.54, 1.807) is 0 Å². The van der Waals surface area contributed by atoms with Crippen molar-refractivity contribution < 1.29 is 4.79 Å². The van der Waals surface area contributed by atoms with E-state index in [9.17, 15) is 4.79 Å². The van der Waals surface area contributed by atoms with Crippen LogP contribution in [0.3, 0.4) is 0 Å². The Morgan fingerprint density at radius 2 is 1.30 bits per heavy atom. The van der Waals surface area contributed by atoms with E-state index in [1.165, 1.54) is 0 Å². The summed E-state index contributed by atoms with van der Waals surface area (Å²) in [6.45, 7) is 5.91. The average Bonchev–Trinajstić information content (AvgIpc) is 2.66. The highest BCUT2D eigenvalue weighted by atomic mass is 35.5. The standard InChI is InChI=1S/C24H24ClNO/c1-16-14-21(25)15-17(2)23(16)26-24(27)18(3)22(19-10-6-4-7-11-19)20-12-8-5-9-13-20/h4-15,18,22H,1-3H3,(H,26,27). The van der Waals surface area contributed by atoms with Crippen LogP contribution in [0.5, 0.6) is 0 Å². The molecule has 0 fully saturated rings. The molecule has 0 aliphatic carbocycles. The Morgan fingerprint density at radius 1 is 0.852 bits per heavy atom. The maximum absolute atomic E-state index is 13.1. The molecule has 0 aliphatic heterocycles. The number of anilines is 1. The second-order valence-corrected chi connectivity index (χ2v) is 7.43. The molecule has 0 heterocycles. The molecule has 27 heavy (non-hydrogen) atoms. The van der Waals surface area contributed by atoms with Crippen LogP contribution in [0.2, 0.25) is 5.02 Å². The first-order chi connectivity index (χ1) is 13.0. The zero-order valence-electron chi connectivity index (χ0n) is 15.9. The summed E-state index contributed by atoms with van der Waals surface area (Å²) in [6.07, 6.45) is 0. The number of amides is 1. The number of carbonyl (C=O) groups excluding carboxylic acids is 1. The molecule has 1 unspecified atom stereocenters. The fraction of sp³-hybridized carbons (Fsp3) is 0.208. The van der Waals surface area contributed by atoms with Crippen molar-refractivity contribution in [2.24, 2.45) is 5.92 Å². The maximum Gasteiger partial charge on any atom is 0.228 e. The minimum Gasteiger partial charge on any atom is -0.325 e. The predicted octanol–water partition coefficient (Wildman–Crippen LogP) is 6.36. The molecule has 3 rings (SSSR count). The molecule has 138 valence electrons. The largest absolute Gasteiger partial charge is 0.325 e. The minimum atomic E-state index is -0.232. The van der Waals surface area contributed by atoms with Crippen LogP contribution in [0, 0.1) is 19.8 Å². The lowest BCUT2D eigenvalue weighted by atomic mass is 9.81. The molecule has 1 amide bonds. The monoisotopic (exact) mass is 377 g/mol. The van der Waals surface area contributed by atoms with Gasteiger partial charge in [-0.3, -0.25) is 4.79 Å². The van der Waals surface area contributed by atoms with Crippen molar-refractivity contribution in [2.75, 3.05) is 5.32 Å². The molecule has 3 heteroatoms. The van der Waals surface area contributed by atoms with Crippen molar-refractivity contribution >= 4 is 23.2 Å². The Kier molecular flexibility index (Phi) is 5.98. The SMILES string of the molecule is Cc1cc(Cl)cc(C)c1NC(=O)C(C)C(c1ccccc1)c1ccccc1. The summed E-state index contributed by atoms with van der Waals surface area (Å²) in [6, 6.07) is 24.1. The lowest BCUT2D eigenvalue weighted by molar-refractivity contribution is -0.119. The van der Waals surface area contributed by atoms with Gasteiger partial charge in [0, 0.05) is 22.5 Å². The molecule has 2 nitrogen and oxygen atoms in total. The van der Waals surface area contributed by atoms with Gasteiger partial charge in [-0.15, -0.1) is 0 Å². The number of rotatable bonds is 5. The number of nitrogens with one attached hydrogen (secondary N) is 1. The Balaban J connectivity index is 1.93. The molecular formula is C24H24ClNO. The van der Waals surface area contributed by atoms with Gasteiger partial charge >= 0.3 is 0 Å². The van der Waals surface area contributed by atoms with Crippen LogP contribution >= 0.6 is 11.6 Å². The highest BCUT2D eigenvalue weighted by Crippen LogP contribution is 2.33. The second-order valence-electron chi connectivity index (χ2n) is 6.99. The summed E-state index contributed by atoms with van der Waals surface area (Å²) in [5.74, 6) is -0.245. The van der Waals surface area contributed by atoms with Gasteiger partial charge in [-0.25, -0.2) is 0 Å². The van der Waals surface area contributed by atoms with Gasteiger partial charge in [0.1, 0.15) is 0 Å². The average molecular weight is 378 g/mol. The number of benzene rings is 3. The molecule has 0 bridgehead atoms. The van der Waals surface area contributed by atoms with E-state index in [0.717, 1.165) is 27.9 Å². The Labute approximate surface area is 166 Å². The third-order valence-corrected chi connectivity index (χ3v) is 5.19. The highest BCUT2D eigenvalue weighted by Gasteiger charge is 2.27. The van der Waals surface area contributed by atoms with Crippen LogP contribution in [0.15, 0.2) is 72.8 Å². The number of hydrogen-bond donors (Lipinski definition) is 1. The van der Waals surface area contributed by atoms with Crippen molar-refractivity contribution in [3.63, 3.8) is 0 Å². The van der Waals surface area contributed by atoms with Crippen LogP contribution in [0.4, 0.5) is 5.69 Å². The van der Waals surface area contributed by atoms with Crippen LogP contribution in [0.25, 0.3) is 0 Å². The molecule has 0 spiro atoms. The lowest BCUT2D eigenvalue weighted by Gasteiger charge is -2.25. The van der Waals surface area contributed by atoms with E-state index in [-0.39, 0.29) is 17.7 Å². The van der Waals surface area contributed by atoms with Crippen LogP contribution < -0.4 is 5.32 Å². The zero-order valence-corrected chi connectivity index (χ0v) is 16.6. The molecule has 0 aliphatic rings. The third kappa shape index (κ3) is 4.40. The number of carbonyl (C=O) groups is 1. The van der Waals surface area contributed by atoms with E-state index in [2.05, 4.69) is 29.6 Å². The Morgan fingerprint density at radius 3 is 1.74 bits per heavy atom. The van der Waals surface area contributed by atoms with Crippen molar-refractivity contribution in [1.29, 1.82) is 0 Å². The van der Waals surface area contributed by atoms with Crippen LogP contribution in [0.1, 0.15) is 35.1 Å². The highest BCUT2D eigenvalue weighted by molar-refractivity contribution is 6.30. The molecular weight excluding hydrogens is 354 g/mol. The fourth-order valence-corrected chi connectivity index (χ4v) is 3.91. The fourth-order valence-electron chi connectivity index (χ4n) is 3.59. The number of hydrogen-bond acceptors (Lipinski definition) is 1. The molecule has 3 aromatic rings. The maximum atomic E-state index is 13.1. The molecule has 3 aromatic carbocycles. The van der Waals surface area contributed by atoms with E-state index in [1.807, 2.05) is 69.3 Å². The quantitative estimate of drug-likeness (QED) is 0.550. The third-order valence-electron chi connectivity index (χ3n) is 4.98. The summed E-state index contributed by atoms with van der Waals surface area (Å²) in [7, 11) is 0. The summed E-state index contributed by atoms with van der Waals surface area (Å²) in [5.41, 5.74) is 5.05. The predicted molar refractivity (Wildman–Crippen MR) is 113 cm³/mol. The molecule has 0 saturated heterocycles. The Bertz CT molecular complexity index is 859. The number of aryl methyl sites for hydroxylation is 2. The topological polar surface area (TPSA) is 29.1 Å². The van der Waals surface area contributed by atoms with Gasteiger partial charge < -0.3 is 5.32 Å². The van der Waals surface area contributed by atoms with E-state index < -0.39 is 0 Å². The molecule has 1 N–H and O–H groups in total. The summed E-state index contributed by atoms with van der Waals surface area (Å²) < 4.78 is 0. The second kappa shape index (κ2) is 8.41. The van der Waals surface area contributed by atoms with Gasteiger partial charge in [-0.05, 0) is 48.2 Å². The summed E-state index contributed by atoms with van der Waals surface area (Å²) in [5, 5.41) is 3.81. The Hall–Kier alpha value is -2.58. The van der Waals surface area contributed by atoms with Gasteiger partial charge in [-0.1, -0.05) is 79.2 Å². The van der Waals surface area contributed by atoms with Crippen LogP contribution in [-0.2, 0) is 4.79 Å². The van der Waals surface area contributed by atoms with Gasteiger partial charge in [0.05, 0.1) is 0 Å². The molecule has 0 saturated carbocycles. The van der Waals surface area contributed by atoms with Gasteiger partial charge in [0.25, 0.3) is 0 Å². The van der Waals surface area contributed by atoms with Crippen molar-refractivity contribution in [1.82, 2.24) is 0 Å². The van der Waals surface area contributed by atoms with Crippen molar-refractivity contribution in [3.8, 4) is 0 Å². The van der Waals surface area contributed by atoms with Gasteiger partial charge in [0.2, 0.25) is 5.91 Å². The normalized spacial score (nSPS) is 12.0.